The number of para-hydroxylation sites is 4. The Morgan fingerprint density at radius 2 is 0.646 bits per heavy atom. The summed E-state index contributed by atoms with van der Waals surface area (Å²) in [6, 6.07) is 101. The average Bonchev–Trinajstić information content (AvgIpc) is 1.50. The molecule has 0 bridgehead atoms. The molecule has 2 aromatic heterocycles. The van der Waals surface area contributed by atoms with Crippen LogP contribution < -0.4 is 14.7 Å². The molecule has 99 heavy (non-hydrogen) atoms. The zero-order valence-corrected chi connectivity index (χ0v) is 59.5. The highest BCUT2D eigenvalue weighted by Gasteiger charge is 2.51. The molecule has 2 heterocycles. The van der Waals surface area contributed by atoms with Crippen LogP contribution in [-0.2, 0) is 27.1 Å². The summed E-state index contributed by atoms with van der Waals surface area (Å²) in [6.45, 7) is 27.5. The standard InChI is InChI=1S/C94H89N3O2/c1-90(2,3)63-39-49-71(50-40-63)95(72-51-41-64(42-52-72)91(4,5)6)73-57-47-68(48-58-73)94(67-37-35-62(36-38-67)61-25-19-20-26-61)78-60-81(97(70-29-17-14-18-30-70)75-55-45-66(46-56-75)93(10,11)12)88-85(77-32-22-24-34-83(77)98-88)86(78)87-79(94)59-80(84-76-31-21-23-33-82(76)99-89(84)87)96(69-27-15-13-16-28-69)74-53-43-65(44-54-74)92(7,8)9/h13-18,21-24,27-61H,19-20,25-26H2,1-12H3. The highest BCUT2D eigenvalue weighted by Crippen LogP contribution is 2.65. The zero-order chi connectivity index (χ0) is 68.3. The minimum atomic E-state index is -1.01. The molecule has 1 saturated carbocycles. The summed E-state index contributed by atoms with van der Waals surface area (Å²) >= 11 is 0. The van der Waals surface area contributed by atoms with Crippen LogP contribution in [0.5, 0.6) is 0 Å². The van der Waals surface area contributed by atoms with E-state index in [9.17, 15) is 0 Å². The summed E-state index contributed by atoms with van der Waals surface area (Å²) < 4.78 is 15.3. The Bertz CT molecular complexity index is 5240. The van der Waals surface area contributed by atoms with Gasteiger partial charge in [-0.1, -0.05) is 254 Å². The largest absolute Gasteiger partial charge is 0.455 e. The number of furan rings is 2. The van der Waals surface area contributed by atoms with Crippen LogP contribution in [-0.4, -0.2) is 0 Å². The van der Waals surface area contributed by atoms with Crippen molar-refractivity contribution in [1.29, 1.82) is 0 Å². The predicted octanol–water partition coefficient (Wildman–Crippen LogP) is 27.1. The van der Waals surface area contributed by atoms with E-state index in [0.717, 1.165) is 123 Å². The van der Waals surface area contributed by atoms with Crippen LogP contribution in [0.1, 0.15) is 165 Å². The van der Waals surface area contributed by atoms with Crippen LogP contribution in [0.15, 0.2) is 276 Å². The first-order valence-electron chi connectivity index (χ1n) is 35.7. The lowest BCUT2D eigenvalue weighted by Gasteiger charge is -2.36. The van der Waals surface area contributed by atoms with Crippen LogP contribution in [0.4, 0.5) is 51.2 Å². The first kappa shape index (κ1) is 63.4. The van der Waals surface area contributed by atoms with E-state index in [0.29, 0.717) is 5.92 Å². The average molecular weight is 1290 g/mol. The Balaban J connectivity index is 1.07. The number of anilines is 9. The molecule has 0 radical (unpaired) electrons. The second-order valence-corrected chi connectivity index (χ2v) is 32.0. The van der Waals surface area contributed by atoms with Gasteiger partial charge in [0, 0.05) is 67.1 Å². The van der Waals surface area contributed by atoms with Crippen LogP contribution in [0, 0.1) is 0 Å². The van der Waals surface area contributed by atoms with Gasteiger partial charge >= 0.3 is 0 Å². The number of nitrogens with zero attached hydrogens (tertiary/aromatic N) is 3. The fourth-order valence-corrected chi connectivity index (χ4v) is 16.2. The van der Waals surface area contributed by atoms with E-state index in [-0.39, 0.29) is 21.7 Å². The van der Waals surface area contributed by atoms with Crippen molar-refractivity contribution < 1.29 is 8.83 Å². The summed E-state index contributed by atoms with van der Waals surface area (Å²) in [5.41, 5.74) is 24.8. The molecule has 1 fully saturated rings. The number of fused-ring (bicyclic) bond motifs is 11. The first-order valence-corrected chi connectivity index (χ1v) is 35.7. The number of hydrogen-bond donors (Lipinski definition) is 0. The maximum Gasteiger partial charge on any atom is 0.160 e. The molecule has 0 spiro atoms. The summed E-state index contributed by atoms with van der Waals surface area (Å²) in [4.78, 5) is 7.35. The van der Waals surface area contributed by atoms with E-state index in [1.165, 1.54) is 59.1 Å². The van der Waals surface area contributed by atoms with Crippen molar-refractivity contribution in [2.24, 2.45) is 0 Å². The monoisotopic (exact) mass is 1290 g/mol. The van der Waals surface area contributed by atoms with Gasteiger partial charge < -0.3 is 23.5 Å². The van der Waals surface area contributed by atoms with E-state index < -0.39 is 5.41 Å². The molecule has 0 amide bonds. The lowest BCUT2D eigenvalue weighted by molar-refractivity contribution is 0.590. The van der Waals surface area contributed by atoms with Crippen molar-refractivity contribution >= 4 is 95.1 Å². The molecular weight excluding hydrogens is 1200 g/mol. The molecule has 5 nitrogen and oxygen atoms in total. The maximum atomic E-state index is 7.76. The van der Waals surface area contributed by atoms with Crippen molar-refractivity contribution in [1.82, 2.24) is 0 Å². The van der Waals surface area contributed by atoms with Gasteiger partial charge in [-0.2, -0.15) is 0 Å². The van der Waals surface area contributed by atoms with Crippen molar-refractivity contribution in [2.75, 3.05) is 14.7 Å². The maximum absolute atomic E-state index is 7.76. The Labute approximate surface area is 585 Å². The molecule has 0 N–H and O–H groups in total. The molecule has 16 rings (SSSR count). The quantitative estimate of drug-likeness (QED) is 0.122. The molecule has 0 saturated heterocycles. The highest BCUT2D eigenvalue weighted by atomic mass is 16.3. The third-order valence-corrected chi connectivity index (χ3v) is 21.5. The molecule has 14 aromatic rings. The van der Waals surface area contributed by atoms with E-state index in [1.807, 2.05) is 0 Å². The van der Waals surface area contributed by atoms with Crippen LogP contribution in [0.3, 0.4) is 0 Å². The molecule has 12 aromatic carbocycles. The molecule has 1 unspecified atom stereocenters. The summed E-state index contributed by atoms with van der Waals surface area (Å²) in [5, 5.41) is 4.18. The van der Waals surface area contributed by atoms with Crippen LogP contribution >= 0.6 is 0 Å². The van der Waals surface area contributed by atoms with E-state index in [4.69, 9.17) is 8.83 Å². The molecular formula is C94H89N3O2. The molecule has 492 valence electrons. The minimum absolute atomic E-state index is 0.0110. The fourth-order valence-electron chi connectivity index (χ4n) is 16.2. The van der Waals surface area contributed by atoms with Gasteiger partial charge in [0.2, 0.25) is 0 Å². The normalized spacial score (nSPS) is 15.1. The number of rotatable bonds is 12. The molecule has 5 heteroatoms. The Morgan fingerprint density at radius 1 is 0.313 bits per heavy atom. The van der Waals surface area contributed by atoms with Gasteiger partial charge in [0.15, 0.2) is 5.58 Å². The predicted molar refractivity (Wildman–Crippen MR) is 418 cm³/mol. The third-order valence-electron chi connectivity index (χ3n) is 21.5. The smallest absolute Gasteiger partial charge is 0.160 e. The Kier molecular flexibility index (Phi) is 15.4. The van der Waals surface area contributed by atoms with Gasteiger partial charge in [-0.3, -0.25) is 0 Å². The van der Waals surface area contributed by atoms with E-state index >= 15 is 0 Å². The van der Waals surface area contributed by atoms with Crippen LogP contribution in [0.2, 0.25) is 0 Å². The molecule has 0 aliphatic heterocycles. The van der Waals surface area contributed by atoms with Crippen molar-refractivity contribution in [2.45, 2.75) is 142 Å². The first-order chi connectivity index (χ1) is 47.6. The summed E-state index contributed by atoms with van der Waals surface area (Å²) in [5.74, 6) is 0.511. The molecule has 2 aliphatic rings. The summed E-state index contributed by atoms with van der Waals surface area (Å²) in [7, 11) is 0. The Hall–Kier alpha value is -10.4. The van der Waals surface area contributed by atoms with Gasteiger partial charge in [-0.25, -0.2) is 0 Å². The van der Waals surface area contributed by atoms with Gasteiger partial charge in [-0.05, 0) is 200 Å². The van der Waals surface area contributed by atoms with E-state index in [2.05, 4.69) is 365 Å². The molecule has 1 atom stereocenters. The van der Waals surface area contributed by atoms with Gasteiger partial charge in [-0.15, -0.1) is 0 Å². The minimum Gasteiger partial charge on any atom is -0.455 e. The second kappa shape index (κ2) is 24.0. The molecule has 2 aliphatic carbocycles. The van der Waals surface area contributed by atoms with Gasteiger partial charge in [0.1, 0.15) is 16.7 Å². The lowest BCUT2D eigenvalue weighted by atomic mass is 9.67. The zero-order valence-electron chi connectivity index (χ0n) is 59.5. The highest BCUT2D eigenvalue weighted by molar-refractivity contribution is 6.26. The number of hydrogen-bond acceptors (Lipinski definition) is 5. The third kappa shape index (κ3) is 10.9. The topological polar surface area (TPSA) is 36.0 Å². The van der Waals surface area contributed by atoms with Crippen molar-refractivity contribution in [3.05, 3.63) is 317 Å². The SMILES string of the molecule is CC(C)(C)c1ccc(N(c2ccc(C(C)(C)C)cc2)c2ccc(C3(c4ccc(C5CCCC5)cc4)c4cc(N(c5ccccc5)c5ccc(C(C)(C)C)cc5)c5c(oc6ccccc65)c4-c4c3cc(N(c3ccccc3)c3ccc(C(C)(C)C)cc3)c3oc5ccccc5c43)cc2)cc1. The summed E-state index contributed by atoms with van der Waals surface area (Å²) in [6.07, 6.45) is 4.91. The Morgan fingerprint density at radius 3 is 1.08 bits per heavy atom. The van der Waals surface area contributed by atoms with Gasteiger partial charge in [0.25, 0.3) is 0 Å². The van der Waals surface area contributed by atoms with Crippen molar-refractivity contribution in [3.8, 4) is 11.1 Å². The van der Waals surface area contributed by atoms with Crippen LogP contribution in [0.25, 0.3) is 55.0 Å². The lowest BCUT2D eigenvalue weighted by Crippen LogP contribution is -2.29. The second-order valence-electron chi connectivity index (χ2n) is 32.0. The van der Waals surface area contributed by atoms with Gasteiger partial charge in [0.05, 0.1) is 22.2 Å². The van der Waals surface area contributed by atoms with Crippen molar-refractivity contribution in [3.63, 3.8) is 0 Å². The fraction of sp³-hybridized carbons (Fsp3) is 0.234. The van der Waals surface area contributed by atoms with E-state index in [1.54, 1.807) is 0 Å². The number of benzene rings is 12.